The Labute approximate surface area is 346 Å². The Morgan fingerprint density at radius 2 is 1.73 bits per heavy atom. The Balaban J connectivity index is 0.873. The van der Waals surface area contributed by atoms with Crippen molar-refractivity contribution in [2.24, 2.45) is 11.3 Å². The number of ether oxygens (including phenoxy) is 1. The fraction of sp³-hybridized carbons (Fsp3) is 0.435. The van der Waals surface area contributed by atoms with E-state index in [1.165, 1.54) is 6.07 Å². The molecule has 2 atom stereocenters. The Morgan fingerprint density at radius 1 is 0.966 bits per heavy atom. The third kappa shape index (κ3) is 8.47. The predicted molar refractivity (Wildman–Crippen MR) is 226 cm³/mol. The largest absolute Gasteiger partial charge is 0.455 e. The van der Waals surface area contributed by atoms with Crippen LogP contribution < -0.4 is 19.7 Å². The molecule has 10 nitrogen and oxygen atoms in total. The van der Waals surface area contributed by atoms with Gasteiger partial charge >= 0.3 is 0 Å². The fourth-order valence-electron chi connectivity index (χ4n) is 9.92. The van der Waals surface area contributed by atoms with Crippen LogP contribution in [0.1, 0.15) is 93.1 Å². The maximum Gasteiger partial charge on any atom is 0.267 e. The van der Waals surface area contributed by atoms with E-state index in [9.17, 15) is 18.5 Å². The Bertz CT molecular complexity index is 2330. The average Bonchev–Trinajstić information content (AvgIpc) is 3.90. The van der Waals surface area contributed by atoms with Crippen LogP contribution in [0.15, 0.2) is 90.1 Å². The van der Waals surface area contributed by atoms with Gasteiger partial charge in [0.25, 0.3) is 5.91 Å². The summed E-state index contributed by atoms with van der Waals surface area (Å²) in [6.45, 7) is 4.96. The smallest absolute Gasteiger partial charge is 0.267 e. The molecule has 2 unspecified atom stereocenters. The highest BCUT2D eigenvalue weighted by Gasteiger charge is 2.50. The van der Waals surface area contributed by atoms with Crippen molar-refractivity contribution in [3.05, 3.63) is 108 Å². The molecule has 1 amide bonds. The summed E-state index contributed by atoms with van der Waals surface area (Å²) in [6.07, 6.45) is 12.8. The number of pyridine rings is 1. The molecule has 2 aliphatic heterocycles. The molecule has 2 aliphatic carbocycles. The van der Waals surface area contributed by atoms with Crippen molar-refractivity contribution in [3.63, 3.8) is 0 Å². The lowest BCUT2D eigenvalue weighted by molar-refractivity contribution is -0.0231. The summed E-state index contributed by atoms with van der Waals surface area (Å²) in [6, 6.07) is 21.1. The molecular weight excluding hydrogens is 771 g/mol. The number of nitrogens with one attached hydrogen (secondary N) is 3. The number of H-pyrrole nitrogens is 1. The summed E-state index contributed by atoms with van der Waals surface area (Å²) in [5.74, 6) is -0.442. The number of aliphatic hydroxyl groups is 1. The molecule has 4 heterocycles. The fourth-order valence-corrected chi connectivity index (χ4v) is 10.7. The van der Waals surface area contributed by atoms with Crippen LogP contribution in [0.3, 0.4) is 0 Å². The molecule has 2 saturated carbocycles. The lowest BCUT2D eigenvalue weighted by atomic mass is 9.60. The van der Waals surface area contributed by atoms with E-state index >= 15 is 4.39 Å². The minimum Gasteiger partial charge on any atom is -0.455 e. The van der Waals surface area contributed by atoms with Crippen LogP contribution >= 0.6 is 0 Å². The maximum absolute atomic E-state index is 16.2. The molecule has 4 aliphatic rings. The molecule has 0 bridgehead atoms. The highest BCUT2D eigenvalue weighted by atomic mass is 32.2. The van der Waals surface area contributed by atoms with E-state index in [4.69, 9.17) is 4.74 Å². The van der Waals surface area contributed by atoms with Crippen molar-refractivity contribution in [2.75, 3.05) is 36.4 Å². The van der Waals surface area contributed by atoms with Crippen molar-refractivity contribution < 1.29 is 27.6 Å². The zero-order chi connectivity index (χ0) is 40.7. The van der Waals surface area contributed by atoms with E-state index in [0.717, 1.165) is 93.9 Å². The lowest BCUT2D eigenvalue weighted by Crippen LogP contribution is -2.55. The van der Waals surface area contributed by atoms with Crippen molar-refractivity contribution >= 4 is 39.3 Å². The number of halogens is 2. The van der Waals surface area contributed by atoms with Gasteiger partial charge in [0.05, 0.1) is 27.9 Å². The van der Waals surface area contributed by atoms with Gasteiger partial charge in [-0.05, 0) is 138 Å². The van der Waals surface area contributed by atoms with Crippen LogP contribution in [0.25, 0.3) is 11.0 Å². The maximum atomic E-state index is 16.2. The van der Waals surface area contributed by atoms with Crippen molar-refractivity contribution in [3.8, 4) is 11.5 Å². The van der Waals surface area contributed by atoms with E-state index in [-0.39, 0.29) is 28.6 Å². The molecule has 9 rings (SSSR count). The summed E-state index contributed by atoms with van der Waals surface area (Å²) >= 11 is 0. The van der Waals surface area contributed by atoms with Gasteiger partial charge < -0.3 is 25.0 Å². The predicted octanol–water partition coefficient (Wildman–Crippen LogP) is 9.03. The number of aromatic nitrogens is 2. The number of likely N-dealkylation sites (tertiary alicyclic amines) is 1. The Kier molecular flexibility index (Phi) is 10.9. The molecule has 2 aromatic heterocycles. The summed E-state index contributed by atoms with van der Waals surface area (Å²) in [5.41, 5.74) is 2.22. The summed E-state index contributed by atoms with van der Waals surface area (Å²) in [7, 11) is -1.93. The number of hydrogen-bond donors (Lipinski definition) is 4. The average molecular weight is 823 g/mol. The quantitative estimate of drug-likeness (QED) is 0.104. The first kappa shape index (κ1) is 39.6. The molecule has 59 heavy (non-hydrogen) atoms. The first-order chi connectivity index (χ1) is 28.5. The van der Waals surface area contributed by atoms with Crippen molar-refractivity contribution in [2.45, 2.75) is 93.7 Å². The van der Waals surface area contributed by atoms with Crippen LogP contribution in [-0.4, -0.2) is 67.9 Å². The van der Waals surface area contributed by atoms with E-state index in [1.54, 1.807) is 48.8 Å². The molecule has 4 fully saturated rings. The highest BCUT2D eigenvalue weighted by molar-refractivity contribution is 7.83. The van der Waals surface area contributed by atoms with Crippen LogP contribution in [0, 0.1) is 23.0 Å². The van der Waals surface area contributed by atoms with Gasteiger partial charge in [0.2, 0.25) is 0 Å². The molecule has 310 valence electrons. The molecule has 5 aromatic rings. The second-order valence-electron chi connectivity index (χ2n) is 17.5. The molecule has 4 N–H and O–H groups in total. The van der Waals surface area contributed by atoms with Gasteiger partial charge in [-0.1, -0.05) is 18.2 Å². The second kappa shape index (κ2) is 16.3. The zero-order valence-corrected chi connectivity index (χ0v) is 34.2. The monoisotopic (exact) mass is 822 g/mol. The minimum atomic E-state index is -1.93. The Hall–Kier alpha value is -4.85. The first-order valence-electron chi connectivity index (χ1n) is 21.0. The number of carbonyl (C=O) groups is 1. The van der Waals surface area contributed by atoms with Gasteiger partial charge in [0.1, 0.15) is 28.8 Å². The highest BCUT2D eigenvalue weighted by Crippen LogP contribution is 2.54. The summed E-state index contributed by atoms with van der Waals surface area (Å²) in [4.78, 5) is 26.2. The number of piperidine rings is 1. The van der Waals surface area contributed by atoms with Crippen LogP contribution in [0.4, 0.5) is 20.2 Å². The van der Waals surface area contributed by atoms with Crippen LogP contribution in [-0.2, 0) is 11.0 Å². The molecule has 0 radical (unpaired) electrons. The number of hydrogen-bond acceptors (Lipinski definition) is 8. The SMILES string of the molecule is CC1(O)CCC(CNc2ccc(S(=O)NC(=O)c3cc(F)c(N4CCC5(CC4)CC(N4CCCC4c4ccccc4F)C5)cc3Oc3cnc4[nH]ccc4c3)cc2)CC1. The standard InChI is InChI=1S/C46H52F2N6O4S/c1-45(56)15-12-30(13-16-45)28-50-32-8-10-35(11-9-32)59(57)52-44(55)37-24-39(48)41(25-42(37)58-34-23-31-14-19-49-43(31)51-29-34)53-21-17-46(18-22-53)26-33(27-46)54-20-4-7-40(54)36-5-2-3-6-38(36)47/h2-3,5-6,8-11,14,19,23-25,29-30,33,40,50,56H,4,7,12-13,15-18,20-22,26-28H2,1H3,(H,49,51)(H,52,55). The number of aromatic amines is 1. The summed E-state index contributed by atoms with van der Waals surface area (Å²) in [5, 5.41) is 14.5. The van der Waals surface area contributed by atoms with Crippen LogP contribution in [0.2, 0.25) is 0 Å². The van der Waals surface area contributed by atoms with Gasteiger partial charge in [0.15, 0.2) is 11.0 Å². The molecule has 1 spiro atoms. The van der Waals surface area contributed by atoms with Gasteiger partial charge in [-0.2, -0.15) is 0 Å². The van der Waals surface area contributed by atoms with Gasteiger partial charge in [-0.25, -0.2) is 18.0 Å². The Morgan fingerprint density at radius 3 is 2.49 bits per heavy atom. The van der Waals surface area contributed by atoms with E-state index in [1.807, 2.05) is 42.2 Å². The van der Waals surface area contributed by atoms with Gasteiger partial charge in [-0.15, -0.1) is 0 Å². The third-order valence-corrected chi connectivity index (χ3v) is 14.5. The number of anilines is 2. The molecule has 2 saturated heterocycles. The minimum absolute atomic E-state index is 0.0798. The molecule has 13 heteroatoms. The number of amides is 1. The number of nitrogens with zero attached hydrogens (tertiary/aromatic N) is 3. The topological polar surface area (TPSA) is 123 Å². The van der Waals surface area contributed by atoms with E-state index in [2.05, 4.69) is 24.9 Å². The zero-order valence-electron chi connectivity index (χ0n) is 33.4. The number of benzene rings is 3. The number of fused-ring (bicyclic) bond motifs is 1. The molecular formula is C46H52F2N6O4S. The first-order valence-corrected chi connectivity index (χ1v) is 22.2. The summed E-state index contributed by atoms with van der Waals surface area (Å²) < 4.78 is 53.3. The van der Waals surface area contributed by atoms with E-state index in [0.29, 0.717) is 47.0 Å². The molecule has 3 aromatic carbocycles. The normalized spacial score (nSPS) is 23.9. The van der Waals surface area contributed by atoms with Crippen LogP contribution in [0.5, 0.6) is 11.5 Å². The van der Waals surface area contributed by atoms with Crippen molar-refractivity contribution in [1.82, 2.24) is 19.6 Å². The third-order valence-electron chi connectivity index (χ3n) is 13.5. The second-order valence-corrected chi connectivity index (χ2v) is 18.7. The van der Waals surface area contributed by atoms with Gasteiger partial charge in [0, 0.05) is 60.6 Å². The lowest BCUT2D eigenvalue weighted by Gasteiger charge is -2.56. The number of rotatable bonds is 11. The number of carbonyl (C=O) groups excluding carboxylic acids is 1. The van der Waals surface area contributed by atoms with E-state index < -0.39 is 28.3 Å². The van der Waals surface area contributed by atoms with Gasteiger partial charge in [-0.3, -0.25) is 14.4 Å². The van der Waals surface area contributed by atoms with Crippen molar-refractivity contribution in [1.29, 1.82) is 0 Å².